The molecular weight excluding hydrogens is 416 g/mol. The average Bonchev–Trinajstić information content (AvgIpc) is 3.45. The van der Waals surface area contributed by atoms with Crippen LogP contribution in [0, 0.1) is 0 Å². The van der Waals surface area contributed by atoms with Gasteiger partial charge in [-0.05, 0) is 42.5 Å². The molecule has 0 aliphatic rings. The summed E-state index contributed by atoms with van der Waals surface area (Å²) in [7, 11) is 0. The number of carbonyl (C=O) groups excluding carboxylic acids is 1. The molecule has 152 valence electrons. The predicted molar refractivity (Wildman–Crippen MR) is 119 cm³/mol. The Balaban J connectivity index is 1.45. The van der Waals surface area contributed by atoms with Gasteiger partial charge in [0.25, 0.3) is 5.91 Å². The smallest absolute Gasteiger partial charge is 0.291 e. The van der Waals surface area contributed by atoms with Gasteiger partial charge in [0.05, 0.1) is 17.3 Å². The first-order valence-electron chi connectivity index (χ1n) is 9.34. The maximum Gasteiger partial charge on any atom is 0.291 e. The fourth-order valence-corrected chi connectivity index (χ4v) is 3.37. The lowest BCUT2D eigenvalue weighted by Gasteiger charge is -2.08. The molecule has 0 bridgehead atoms. The van der Waals surface area contributed by atoms with Gasteiger partial charge in [-0.3, -0.25) is 9.89 Å². The highest BCUT2D eigenvalue weighted by atomic mass is 35.5. The number of hydrogen-bond donors (Lipinski definition) is 3. The number of halogens is 1. The van der Waals surface area contributed by atoms with Crippen LogP contribution in [0.5, 0.6) is 0 Å². The molecule has 2 aromatic carbocycles. The minimum Gasteiger partial charge on any atom is -0.459 e. The van der Waals surface area contributed by atoms with Crippen molar-refractivity contribution in [1.82, 2.24) is 20.2 Å². The molecule has 3 heterocycles. The van der Waals surface area contributed by atoms with E-state index in [4.69, 9.17) is 16.0 Å². The lowest BCUT2D eigenvalue weighted by atomic mass is 10.1. The normalized spacial score (nSPS) is 10.9. The standard InChI is InChI=1S/C22H15ClN6O2/c23-14-3-1-4-16(11-14)26-20-18-19(28-29-21(18)25-12-24-20)13-6-8-15(9-7-13)27-22(30)17-5-2-10-31-17/h1-12H,(H,27,30)(H2,24,25,26,28,29). The van der Waals surface area contributed by atoms with Gasteiger partial charge in [-0.15, -0.1) is 0 Å². The number of nitrogens with zero attached hydrogens (tertiary/aromatic N) is 3. The van der Waals surface area contributed by atoms with Gasteiger partial charge < -0.3 is 15.1 Å². The van der Waals surface area contributed by atoms with Crippen LogP contribution in [-0.2, 0) is 0 Å². The first-order valence-corrected chi connectivity index (χ1v) is 9.72. The fourth-order valence-electron chi connectivity index (χ4n) is 3.18. The Morgan fingerprint density at radius 1 is 1.00 bits per heavy atom. The zero-order valence-corrected chi connectivity index (χ0v) is 16.7. The van der Waals surface area contributed by atoms with Gasteiger partial charge in [0.2, 0.25) is 0 Å². The summed E-state index contributed by atoms with van der Waals surface area (Å²) in [6.45, 7) is 0. The summed E-state index contributed by atoms with van der Waals surface area (Å²) in [4.78, 5) is 20.8. The van der Waals surface area contributed by atoms with Crippen LogP contribution in [0.15, 0.2) is 77.7 Å². The van der Waals surface area contributed by atoms with Crippen molar-refractivity contribution in [2.75, 3.05) is 10.6 Å². The molecule has 5 aromatic rings. The minimum absolute atomic E-state index is 0.248. The molecule has 0 aliphatic heterocycles. The molecule has 3 aromatic heterocycles. The molecule has 0 atom stereocenters. The molecule has 8 nitrogen and oxygen atoms in total. The first-order chi connectivity index (χ1) is 15.2. The van der Waals surface area contributed by atoms with Crippen molar-refractivity contribution in [3.63, 3.8) is 0 Å². The maximum absolute atomic E-state index is 12.2. The van der Waals surface area contributed by atoms with Gasteiger partial charge in [-0.25, -0.2) is 9.97 Å². The van der Waals surface area contributed by atoms with Crippen molar-refractivity contribution in [3.8, 4) is 11.3 Å². The summed E-state index contributed by atoms with van der Waals surface area (Å²) >= 11 is 6.09. The number of amides is 1. The summed E-state index contributed by atoms with van der Waals surface area (Å²) in [6.07, 6.45) is 2.91. The highest BCUT2D eigenvalue weighted by molar-refractivity contribution is 6.30. The molecule has 9 heteroatoms. The van der Waals surface area contributed by atoms with Crippen LogP contribution in [0.1, 0.15) is 10.6 Å². The summed E-state index contributed by atoms with van der Waals surface area (Å²) in [6, 6.07) is 18.0. The van der Waals surface area contributed by atoms with E-state index < -0.39 is 0 Å². The van der Waals surface area contributed by atoms with Crippen LogP contribution in [0.3, 0.4) is 0 Å². The number of fused-ring (bicyclic) bond motifs is 1. The second-order valence-corrected chi connectivity index (χ2v) is 7.10. The van der Waals surface area contributed by atoms with Gasteiger partial charge in [-0.1, -0.05) is 29.8 Å². The van der Waals surface area contributed by atoms with E-state index >= 15 is 0 Å². The largest absolute Gasteiger partial charge is 0.459 e. The SMILES string of the molecule is O=C(Nc1ccc(-c2[nH]nc3ncnc(Nc4cccc(Cl)c4)c23)cc1)c1ccco1. The number of rotatable bonds is 5. The number of aromatic amines is 1. The van der Waals surface area contributed by atoms with Crippen LogP contribution in [0.25, 0.3) is 22.3 Å². The van der Waals surface area contributed by atoms with Gasteiger partial charge in [0.1, 0.15) is 12.1 Å². The average molecular weight is 431 g/mol. The summed E-state index contributed by atoms with van der Waals surface area (Å²) < 4.78 is 5.11. The van der Waals surface area contributed by atoms with Crippen molar-refractivity contribution >= 4 is 45.7 Å². The number of anilines is 3. The first kappa shape index (κ1) is 18.8. The molecule has 1 amide bonds. The summed E-state index contributed by atoms with van der Waals surface area (Å²) in [5.41, 5.74) is 3.59. The second kappa shape index (κ2) is 7.92. The molecule has 0 aliphatic carbocycles. The number of H-pyrrole nitrogens is 1. The number of benzene rings is 2. The Labute approximate surface area is 181 Å². The molecule has 31 heavy (non-hydrogen) atoms. The fraction of sp³-hybridized carbons (Fsp3) is 0. The van der Waals surface area contributed by atoms with E-state index in [1.54, 1.807) is 30.3 Å². The molecule has 3 N–H and O–H groups in total. The van der Waals surface area contributed by atoms with Gasteiger partial charge in [0, 0.05) is 22.0 Å². The van der Waals surface area contributed by atoms with Crippen LogP contribution in [0.2, 0.25) is 5.02 Å². The van der Waals surface area contributed by atoms with Gasteiger partial charge >= 0.3 is 0 Å². The molecule has 0 unspecified atom stereocenters. The number of carbonyl (C=O) groups is 1. The number of aromatic nitrogens is 4. The quantitative estimate of drug-likeness (QED) is 0.351. The monoisotopic (exact) mass is 430 g/mol. The highest BCUT2D eigenvalue weighted by Crippen LogP contribution is 2.32. The lowest BCUT2D eigenvalue weighted by Crippen LogP contribution is -2.10. The Hall–Kier alpha value is -4.17. The van der Waals surface area contributed by atoms with E-state index in [9.17, 15) is 4.79 Å². The van der Waals surface area contributed by atoms with Crippen molar-refractivity contribution < 1.29 is 9.21 Å². The Morgan fingerprint density at radius 2 is 1.87 bits per heavy atom. The summed E-state index contributed by atoms with van der Waals surface area (Å²) in [5, 5.41) is 14.8. The molecule has 0 fully saturated rings. The topological polar surface area (TPSA) is 109 Å². The van der Waals surface area contributed by atoms with Crippen LogP contribution in [-0.4, -0.2) is 26.1 Å². The van der Waals surface area contributed by atoms with Gasteiger partial charge in [-0.2, -0.15) is 5.10 Å². The van der Waals surface area contributed by atoms with E-state index in [2.05, 4.69) is 30.8 Å². The second-order valence-electron chi connectivity index (χ2n) is 6.66. The Bertz CT molecular complexity index is 1360. The zero-order valence-electron chi connectivity index (χ0n) is 16.0. The zero-order chi connectivity index (χ0) is 21.2. The Kier molecular flexibility index (Phi) is 4.81. The molecular formula is C22H15ClN6O2. The van der Waals surface area contributed by atoms with E-state index in [1.807, 2.05) is 30.3 Å². The van der Waals surface area contributed by atoms with E-state index in [-0.39, 0.29) is 11.7 Å². The number of furan rings is 1. The van der Waals surface area contributed by atoms with E-state index in [0.717, 1.165) is 22.3 Å². The van der Waals surface area contributed by atoms with E-state index in [1.165, 1.54) is 12.6 Å². The maximum atomic E-state index is 12.2. The lowest BCUT2D eigenvalue weighted by molar-refractivity contribution is 0.0996. The van der Waals surface area contributed by atoms with Crippen molar-refractivity contribution in [1.29, 1.82) is 0 Å². The van der Waals surface area contributed by atoms with Crippen LogP contribution in [0.4, 0.5) is 17.2 Å². The third-order valence-corrected chi connectivity index (χ3v) is 4.85. The Morgan fingerprint density at radius 3 is 2.65 bits per heavy atom. The molecule has 0 radical (unpaired) electrons. The van der Waals surface area contributed by atoms with Crippen LogP contribution < -0.4 is 10.6 Å². The van der Waals surface area contributed by atoms with Crippen LogP contribution >= 0.6 is 11.6 Å². The number of nitrogens with one attached hydrogen (secondary N) is 3. The third kappa shape index (κ3) is 3.84. The third-order valence-electron chi connectivity index (χ3n) is 4.61. The summed E-state index contributed by atoms with van der Waals surface area (Å²) in [5.74, 6) is 0.537. The minimum atomic E-state index is -0.314. The van der Waals surface area contributed by atoms with Gasteiger partial charge in [0.15, 0.2) is 11.4 Å². The molecule has 0 saturated carbocycles. The molecule has 5 rings (SSSR count). The van der Waals surface area contributed by atoms with Crippen molar-refractivity contribution in [2.45, 2.75) is 0 Å². The number of hydrogen-bond acceptors (Lipinski definition) is 6. The molecule has 0 spiro atoms. The predicted octanol–water partition coefficient (Wildman–Crippen LogP) is 5.26. The van der Waals surface area contributed by atoms with Crippen molar-refractivity contribution in [3.05, 3.63) is 84.0 Å². The van der Waals surface area contributed by atoms with Crippen molar-refractivity contribution in [2.24, 2.45) is 0 Å². The van der Waals surface area contributed by atoms with E-state index in [0.29, 0.717) is 22.2 Å². The molecule has 0 saturated heterocycles. The highest BCUT2D eigenvalue weighted by Gasteiger charge is 2.15.